The van der Waals surface area contributed by atoms with Gasteiger partial charge >= 0.3 is 5.69 Å². The van der Waals surface area contributed by atoms with Crippen LogP contribution in [0.1, 0.15) is 30.0 Å². The first-order chi connectivity index (χ1) is 13.7. The van der Waals surface area contributed by atoms with Crippen LogP contribution in [0.2, 0.25) is 0 Å². The summed E-state index contributed by atoms with van der Waals surface area (Å²) < 4.78 is 3.79. The third-order valence-corrected chi connectivity index (χ3v) is 5.79. The van der Waals surface area contributed by atoms with Crippen molar-refractivity contribution >= 4 is 16.9 Å². The molecule has 1 atom stereocenters. The maximum Gasteiger partial charge on any atom is 0.330 e. The monoisotopic (exact) mass is 378 g/mol. The Kier molecular flexibility index (Phi) is 4.21. The van der Waals surface area contributed by atoms with Crippen molar-refractivity contribution in [1.29, 1.82) is 0 Å². The number of anilines is 1. The SMILES string of the molecule is Cc1cccc(Cn2c(=O)n(C3CC3)c3nccc(N4CC(CN)CN4)c32)c1. The molecule has 2 fully saturated rings. The fraction of sp³-hybridized carbons (Fsp3) is 0.429. The van der Waals surface area contributed by atoms with Crippen LogP contribution >= 0.6 is 0 Å². The number of nitrogens with zero attached hydrogens (tertiary/aromatic N) is 4. The lowest BCUT2D eigenvalue weighted by Gasteiger charge is -2.20. The Labute approximate surface area is 163 Å². The van der Waals surface area contributed by atoms with Crippen molar-refractivity contribution in [3.8, 4) is 0 Å². The molecule has 146 valence electrons. The second kappa shape index (κ2) is 6.76. The number of nitrogens with two attached hydrogens (primary N) is 1. The van der Waals surface area contributed by atoms with Gasteiger partial charge in [0.25, 0.3) is 0 Å². The molecule has 5 rings (SSSR count). The van der Waals surface area contributed by atoms with Gasteiger partial charge in [0, 0.05) is 31.2 Å². The number of hydrogen-bond acceptors (Lipinski definition) is 5. The molecule has 1 saturated carbocycles. The number of pyridine rings is 1. The lowest BCUT2D eigenvalue weighted by molar-refractivity contribution is 0.627. The molecule has 2 aromatic heterocycles. The number of rotatable bonds is 5. The number of hydrogen-bond donors (Lipinski definition) is 2. The molecule has 0 bridgehead atoms. The summed E-state index contributed by atoms with van der Waals surface area (Å²) in [4.78, 5) is 18.0. The molecule has 7 nitrogen and oxygen atoms in total. The highest BCUT2D eigenvalue weighted by Gasteiger charge is 2.32. The number of imidazole rings is 1. The van der Waals surface area contributed by atoms with Crippen LogP contribution in [0, 0.1) is 12.8 Å². The maximum absolute atomic E-state index is 13.4. The molecule has 28 heavy (non-hydrogen) atoms. The van der Waals surface area contributed by atoms with E-state index in [1.54, 1.807) is 0 Å². The zero-order valence-corrected chi connectivity index (χ0v) is 16.1. The van der Waals surface area contributed by atoms with Gasteiger partial charge in [0.05, 0.1) is 12.2 Å². The van der Waals surface area contributed by atoms with Gasteiger partial charge in [-0.05, 0) is 37.9 Å². The van der Waals surface area contributed by atoms with Gasteiger partial charge in [-0.15, -0.1) is 0 Å². The van der Waals surface area contributed by atoms with Gasteiger partial charge in [-0.25, -0.2) is 15.2 Å². The van der Waals surface area contributed by atoms with E-state index in [4.69, 9.17) is 5.73 Å². The highest BCUT2D eigenvalue weighted by atomic mass is 16.2. The second-order valence-corrected chi connectivity index (χ2v) is 8.04. The van der Waals surface area contributed by atoms with E-state index in [0.29, 0.717) is 19.0 Å². The van der Waals surface area contributed by atoms with Gasteiger partial charge in [-0.2, -0.15) is 0 Å². The van der Waals surface area contributed by atoms with Crippen molar-refractivity contribution in [2.24, 2.45) is 11.7 Å². The molecule has 7 heteroatoms. The first kappa shape index (κ1) is 17.5. The Morgan fingerprint density at radius 3 is 2.86 bits per heavy atom. The molecule has 0 radical (unpaired) electrons. The highest BCUT2D eigenvalue weighted by molar-refractivity contribution is 5.87. The Morgan fingerprint density at radius 1 is 1.29 bits per heavy atom. The van der Waals surface area contributed by atoms with E-state index in [0.717, 1.165) is 48.3 Å². The molecule has 2 aliphatic rings. The molecule has 1 aliphatic carbocycles. The van der Waals surface area contributed by atoms with Crippen molar-refractivity contribution in [3.05, 3.63) is 58.1 Å². The average molecular weight is 378 g/mol. The molecular weight excluding hydrogens is 352 g/mol. The van der Waals surface area contributed by atoms with E-state index in [-0.39, 0.29) is 11.7 Å². The number of aryl methyl sites for hydroxylation is 1. The average Bonchev–Trinajstić information content (AvgIpc) is 3.34. The van der Waals surface area contributed by atoms with E-state index in [2.05, 4.69) is 40.5 Å². The molecule has 3 aromatic rings. The number of aromatic nitrogens is 3. The fourth-order valence-electron chi connectivity index (χ4n) is 4.17. The predicted molar refractivity (Wildman–Crippen MR) is 110 cm³/mol. The summed E-state index contributed by atoms with van der Waals surface area (Å²) in [5.41, 5.74) is 14.4. The molecule has 1 aliphatic heterocycles. The number of nitrogens with one attached hydrogen (secondary N) is 1. The zero-order chi connectivity index (χ0) is 19.3. The van der Waals surface area contributed by atoms with E-state index in [1.165, 1.54) is 5.56 Å². The second-order valence-electron chi connectivity index (χ2n) is 8.04. The van der Waals surface area contributed by atoms with Crippen LogP contribution in [0.3, 0.4) is 0 Å². The Morgan fingerprint density at radius 2 is 2.14 bits per heavy atom. The van der Waals surface area contributed by atoms with Crippen molar-refractivity contribution in [2.45, 2.75) is 32.4 Å². The summed E-state index contributed by atoms with van der Waals surface area (Å²) in [5.74, 6) is 0.408. The lowest BCUT2D eigenvalue weighted by atomic mass is 10.1. The summed E-state index contributed by atoms with van der Waals surface area (Å²) in [7, 11) is 0. The summed E-state index contributed by atoms with van der Waals surface area (Å²) in [5, 5.41) is 2.13. The van der Waals surface area contributed by atoms with Gasteiger partial charge in [-0.1, -0.05) is 29.8 Å². The van der Waals surface area contributed by atoms with Crippen LogP contribution in [-0.4, -0.2) is 33.8 Å². The van der Waals surface area contributed by atoms with Crippen LogP contribution in [-0.2, 0) is 6.54 Å². The summed E-state index contributed by atoms with van der Waals surface area (Å²) >= 11 is 0. The summed E-state index contributed by atoms with van der Waals surface area (Å²) in [6.45, 7) is 4.96. The minimum atomic E-state index is 0.0357. The Balaban J connectivity index is 1.67. The van der Waals surface area contributed by atoms with Gasteiger partial charge in [-0.3, -0.25) is 9.13 Å². The van der Waals surface area contributed by atoms with Crippen molar-refractivity contribution in [3.63, 3.8) is 0 Å². The van der Waals surface area contributed by atoms with Crippen molar-refractivity contribution in [1.82, 2.24) is 19.5 Å². The summed E-state index contributed by atoms with van der Waals surface area (Å²) in [6, 6.07) is 10.6. The fourth-order valence-corrected chi connectivity index (χ4v) is 4.17. The van der Waals surface area contributed by atoms with Gasteiger partial charge in [0.1, 0.15) is 5.52 Å². The van der Waals surface area contributed by atoms with E-state index in [1.807, 2.05) is 27.5 Å². The van der Waals surface area contributed by atoms with Crippen molar-refractivity contribution in [2.75, 3.05) is 24.6 Å². The minimum absolute atomic E-state index is 0.0357. The topological polar surface area (TPSA) is 81.1 Å². The smallest absolute Gasteiger partial charge is 0.330 e. The van der Waals surface area contributed by atoms with Crippen LogP contribution in [0.5, 0.6) is 0 Å². The third kappa shape index (κ3) is 2.91. The standard InChI is InChI=1S/C21H26N6O/c1-14-3-2-4-15(9-14)12-25-19-18(26-13-16(10-22)11-24-26)7-8-23-20(19)27(21(25)28)17-5-6-17/h2-4,7-9,16-17,24H,5-6,10-13,22H2,1H3. The van der Waals surface area contributed by atoms with Gasteiger partial charge < -0.3 is 10.7 Å². The lowest BCUT2D eigenvalue weighted by Crippen LogP contribution is -2.31. The molecule has 1 saturated heterocycles. The van der Waals surface area contributed by atoms with Gasteiger partial charge in [0.2, 0.25) is 0 Å². The minimum Gasteiger partial charge on any atom is -0.330 e. The Hall–Kier alpha value is -2.64. The molecule has 3 N–H and O–H groups in total. The highest BCUT2D eigenvalue weighted by Crippen LogP contribution is 2.37. The normalized spacial score (nSPS) is 19.6. The largest absolute Gasteiger partial charge is 0.330 e. The van der Waals surface area contributed by atoms with Crippen molar-refractivity contribution < 1.29 is 0 Å². The van der Waals surface area contributed by atoms with Crippen LogP contribution in [0.25, 0.3) is 11.2 Å². The van der Waals surface area contributed by atoms with Crippen LogP contribution in [0.4, 0.5) is 5.69 Å². The number of fused-ring (bicyclic) bond motifs is 1. The maximum atomic E-state index is 13.4. The zero-order valence-electron chi connectivity index (χ0n) is 16.1. The summed E-state index contributed by atoms with van der Waals surface area (Å²) in [6.07, 6.45) is 3.91. The van der Waals surface area contributed by atoms with E-state index in [9.17, 15) is 4.79 Å². The molecular formula is C21H26N6O. The third-order valence-electron chi connectivity index (χ3n) is 5.79. The number of benzene rings is 1. The molecule has 0 amide bonds. The van der Waals surface area contributed by atoms with Gasteiger partial charge in [0.15, 0.2) is 5.65 Å². The molecule has 1 aromatic carbocycles. The van der Waals surface area contributed by atoms with Crippen LogP contribution in [0.15, 0.2) is 41.3 Å². The molecule has 0 spiro atoms. The first-order valence-electron chi connectivity index (χ1n) is 10.0. The van der Waals surface area contributed by atoms with Crippen LogP contribution < -0.4 is 21.9 Å². The predicted octanol–water partition coefficient (Wildman–Crippen LogP) is 1.79. The van der Waals surface area contributed by atoms with E-state index >= 15 is 0 Å². The molecule has 1 unspecified atom stereocenters. The van der Waals surface area contributed by atoms with E-state index < -0.39 is 0 Å². The Bertz CT molecular complexity index is 1080. The quantitative estimate of drug-likeness (QED) is 0.707. The first-order valence-corrected chi connectivity index (χ1v) is 10.0. The number of hydrazine groups is 1. The molecule has 3 heterocycles.